The molecule has 2 aromatic rings. The fourth-order valence-electron chi connectivity index (χ4n) is 1.64. The topological polar surface area (TPSA) is 75.1 Å². The summed E-state index contributed by atoms with van der Waals surface area (Å²) in [6.45, 7) is 2.05. The Morgan fingerprint density at radius 3 is 2.89 bits per heavy atom. The van der Waals surface area contributed by atoms with E-state index in [1.54, 1.807) is 12.4 Å². The molecule has 0 radical (unpaired) electrons. The lowest BCUT2D eigenvalue weighted by molar-refractivity contribution is -0.136. The Morgan fingerprint density at radius 2 is 2.21 bits per heavy atom. The van der Waals surface area contributed by atoms with Gasteiger partial charge in [-0.2, -0.15) is 0 Å². The van der Waals surface area contributed by atoms with Gasteiger partial charge in [0.05, 0.1) is 18.2 Å². The van der Waals surface area contributed by atoms with Crippen LogP contribution in [0.5, 0.6) is 0 Å². The first-order chi connectivity index (χ1) is 9.15. The number of aromatic nitrogens is 2. The van der Waals surface area contributed by atoms with Gasteiger partial charge in [0.2, 0.25) is 0 Å². The predicted molar refractivity (Wildman–Crippen MR) is 74.3 cm³/mol. The van der Waals surface area contributed by atoms with Gasteiger partial charge in [0.1, 0.15) is 0 Å². The van der Waals surface area contributed by atoms with Crippen LogP contribution in [0.2, 0.25) is 0 Å². The molecule has 0 amide bonds. The normalized spacial score (nSPS) is 12.1. The second kappa shape index (κ2) is 6.29. The zero-order valence-corrected chi connectivity index (χ0v) is 11.4. The van der Waals surface area contributed by atoms with Crippen LogP contribution in [0.1, 0.15) is 30.6 Å². The average Bonchev–Trinajstić information content (AvgIpc) is 2.85. The van der Waals surface area contributed by atoms with Crippen LogP contribution < -0.4 is 5.32 Å². The molecule has 19 heavy (non-hydrogen) atoms. The van der Waals surface area contributed by atoms with Gasteiger partial charge in [-0.3, -0.25) is 9.78 Å². The van der Waals surface area contributed by atoms with Crippen LogP contribution in [0.25, 0.3) is 0 Å². The minimum atomic E-state index is -0.798. The van der Waals surface area contributed by atoms with Crippen LogP contribution in [-0.2, 0) is 11.2 Å². The van der Waals surface area contributed by atoms with Gasteiger partial charge in [0, 0.05) is 24.2 Å². The van der Waals surface area contributed by atoms with Gasteiger partial charge < -0.3 is 10.4 Å². The molecule has 2 rings (SSSR count). The Bertz CT molecular complexity index is 542. The number of rotatable bonds is 6. The molecule has 0 spiro atoms. The summed E-state index contributed by atoms with van der Waals surface area (Å²) in [6.07, 6.45) is 4.10. The van der Waals surface area contributed by atoms with Crippen molar-refractivity contribution in [3.8, 4) is 0 Å². The Morgan fingerprint density at radius 1 is 1.47 bits per heavy atom. The number of nitrogens with zero attached hydrogens (tertiary/aromatic N) is 2. The van der Waals surface area contributed by atoms with E-state index in [4.69, 9.17) is 5.11 Å². The number of carboxylic acids is 1. The number of aryl methyl sites for hydroxylation is 1. The first-order valence-electron chi connectivity index (χ1n) is 5.98. The monoisotopic (exact) mass is 277 g/mol. The molecule has 0 bridgehead atoms. The predicted octanol–water partition coefficient (Wildman–Crippen LogP) is 2.73. The Hall–Kier alpha value is -1.95. The number of nitrogens with one attached hydrogen (secondary N) is 1. The standard InChI is InChI=1S/C13H15N3O2S/c1-9(10-4-6-14-7-5-10)15-13-16-11(8-19-13)2-3-12(17)18/h4-9H,2-3H2,1H3,(H,15,16)(H,17,18). The van der Waals surface area contributed by atoms with Crippen molar-refractivity contribution < 1.29 is 9.90 Å². The smallest absolute Gasteiger partial charge is 0.303 e. The highest BCUT2D eigenvalue weighted by Gasteiger charge is 2.08. The van der Waals surface area contributed by atoms with Crippen molar-refractivity contribution in [2.75, 3.05) is 5.32 Å². The molecule has 0 saturated heterocycles. The molecule has 5 nitrogen and oxygen atoms in total. The number of carbonyl (C=O) groups is 1. The van der Waals surface area contributed by atoms with E-state index in [2.05, 4.69) is 15.3 Å². The van der Waals surface area contributed by atoms with E-state index in [-0.39, 0.29) is 12.5 Å². The molecule has 0 aliphatic rings. The first kappa shape index (κ1) is 13.5. The van der Waals surface area contributed by atoms with E-state index in [0.717, 1.165) is 16.4 Å². The number of carboxylic acid groups (broad SMARTS) is 1. The highest BCUT2D eigenvalue weighted by Crippen LogP contribution is 2.22. The molecule has 1 atom stereocenters. The number of aliphatic carboxylic acids is 1. The molecule has 0 aromatic carbocycles. The molecule has 0 fully saturated rings. The molecular formula is C13H15N3O2S. The van der Waals surface area contributed by atoms with Crippen LogP contribution in [0.4, 0.5) is 5.13 Å². The largest absolute Gasteiger partial charge is 0.481 e. The maximum Gasteiger partial charge on any atom is 0.303 e. The lowest BCUT2D eigenvalue weighted by atomic mass is 10.1. The summed E-state index contributed by atoms with van der Waals surface area (Å²) < 4.78 is 0. The molecule has 0 aliphatic heterocycles. The lowest BCUT2D eigenvalue weighted by Gasteiger charge is -2.12. The molecular weight excluding hydrogens is 262 g/mol. The van der Waals surface area contributed by atoms with Gasteiger partial charge in [0.15, 0.2) is 5.13 Å². The van der Waals surface area contributed by atoms with Gasteiger partial charge >= 0.3 is 5.97 Å². The van der Waals surface area contributed by atoms with Crippen LogP contribution in [0.15, 0.2) is 29.9 Å². The van der Waals surface area contributed by atoms with Crippen molar-refractivity contribution in [2.24, 2.45) is 0 Å². The maximum absolute atomic E-state index is 10.5. The van der Waals surface area contributed by atoms with Crippen molar-refractivity contribution in [1.82, 2.24) is 9.97 Å². The zero-order valence-electron chi connectivity index (χ0n) is 10.5. The average molecular weight is 277 g/mol. The summed E-state index contributed by atoms with van der Waals surface area (Å²) in [5.74, 6) is -0.798. The van der Waals surface area contributed by atoms with Crippen LogP contribution in [0.3, 0.4) is 0 Å². The van der Waals surface area contributed by atoms with Gasteiger partial charge in [-0.05, 0) is 24.6 Å². The molecule has 100 valence electrons. The quantitative estimate of drug-likeness (QED) is 0.849. The van der Waals surface area contributed by atoms with Crippen molar-refractivity contribution in [2.45, 2.75) is 25.8 Å². The van der Waals surface area contributed by atoms with E-state index < -0.39 is 5.97 Å². The summed E-state index contributed by atoms with van der Waals surface area (Å²) in [5.41, 5.74) is 1.95. The van der Waals surface area contributed by atoms with Gasteiger partial charge in [-0.1, -0.05) is 0 Å². The highest BCUT2D eigenvalue weighted by atomic mass is 32.1. The summed E-state index contributed by atoms with van der Waals surface area (Å²) in [7, 11) is 0. The third kappa shape index (κ3) is 4.03. The van der Waals surface area contributed by atoms with Crippen LogP contribution in [0, 0.1) is 0 Å². The van der Waals surface area contributed by atoms with E-state index in [1.807, 2.05) is 24.4 Å². The van der Waals surface area contributed by atoms with Crippen molar-refractivity contribution in [1.29, 1.82) is 0 Å². The molecule has 1 unspecified atom stereocenters. The van der Waals surface area contributed by atoms with Gasteiger partial charge in [-0.25, -0.2) is 4.98 Å². The molecule has 2 N–H and O–H groups in total. The minimum Gasteiger partial charge on any atom is -0.481 e. The summed E-state index contributed by atoms with van der Waals surface area (Å²) in [6, 6.07) is 4.05. The fraction of sp³-hybridized carbons (Fsp3) is 0.308. The fourth-order valence-corrected chi connectivity index (χ4v) is 2.48. The Kier molecular flexibility index (Phi) is 4.46. The SMILES string of the molecule is CC(Nc1nc(CCC(=O)O)cs1)c1ccncc1. The summed E-state index contributed by atoms with van der Waals surface area (Å²) >= 11 is 1.49. The van der Waals surface area contributed by atoms with Crippen molar-refractivity contribution in [3.63, 3.8) is 0 Å². The first-order valence-corrected chi connectivity index (χ1v) is 6.86. The number of anilines is 1. The van der Waals surface area contributed by atoms with Gasteiger partial charge in [-0.15, -0.1) is 11.3 Å². The van der Waals surface area contributed by atoms with E-state index in [9.17, 15) is 4.79 Å². The third-order valence-corrected chi connectivity index (χ3v) is 3.52. The van der Waals surface area contributed by atoms with Crippen molar-refractivity contribution in [3.05, 3.63) is 41.2 Å². The third-order valence-electron chi connectivity index (χ3n) is 2.69. The lowest BCUT2D eigenvalue weighted by Crippen LogP contribution is -2.06. The second-order valence-electron chi connectivity index (χ2n) is 4.18. The maximum atomic E-state index is 10.5. The zero-order chi connectivity index (χ0) is 13.7. The van der Waals surface area contributed by atoms with Gasteiger partial charge in [0.25, 0.3) is 0 Å². The van der Waals surface area contributed by atoms with E-state index >= 15 is 0 Å². The van der Waals surface area contributed by atoms with E-state index in [1.165, 1.54) is 11.3 Å². The Balaban J connectivity index is 1.94. The second-order valence-corrected chi connectivity index (χ2v) is 5.04. The van der Waals surface area contributed by atoms with Crippen LogP contribution in [-0.4, -0.2) is 21.0 Å². The highest BCUT2D eigenvalue weighted by molar-refractivity contribution is 7.13. The van der Waals surface area contributed by atoms with Crippen LogP contribution >= 0.6 is 11.3 Å². The molecule has 0 aliphatic carbocycles. The number of hydrogen-bond donors (Lipinski definition) is 2. The molecule has 2 heterocycles. The molecule has 0 saturated carbocycles. The minimum absolute atomic E-state index is 0.114. The van der Waals surface area contributed by atoms with Crippen molar-refractivity contribution >= 4 is 22.4 Å². The summed E-state index contributed by atoms with van der Waals surface area (Å²) in [5, 5.41) is 14.6. The van der Waals surface area contributed by atoms with E-state index in [0.29, 0.717) is 6.42 Å². The number of hydrogen-bond acceptors (Lipinski definition) is 5. The number of pyridine rings is 1. The molecule has 2 aromatic heterocycles. The molecule has 6 heteroatoms. The Labute approximate surface area is 115 Å². The number of thiazole rings is 1. The summed E-state index contributed by atoms with van der Waals surface area (Å²) in [4.78, 5) is 18.9.